The van der Waals surface area contributed by atoms with Gasteiger partial charge in [0.05, 0.1) is 17.3 Å². The van der Waals surface area contributed by atoms with Gasteiger partial charge in [0.1, 0.15) is 5.76 Å². The summed E-state index contributed by atoms with van der Waals surface area (Å²) >= 11 is 6.02. The Bertz CT molecular complexity index is 946. The van der Waals surface area contributed by atoms with Gasteiger partial charge >= 0.3 is 0 Å². The zero-order valence-electron chi connectivity index (χ0n) is 15.1. The predicted molar refractivity (Wildman–Crippen MR) is 107 cm³/mol. The second-order valence-electron chi connectivity index (χ2n) is 7.15. The van der Waals surface area contributed by atoms with Gasteiger partial charge in [-0.1, -0.05) is 43.0 Å². The van der Waals surface area contributed by atoms with Gasteiger partial charge in [0, 0.05) is 22.9 Å². The van der Waals surface area contributed by atoms with Crippen LogP contribution in [0, 0.1) is 11.3 Å². The molecule has 3 nitrogen and oxygen atoms in total. The van der Waals surface area contributed by atoms with Crippen LogP contribution in [0.5, 0.6) is 0 Å². The fourth-order valence-electron chi connectivity index (χ4n) is 3.78. The molecule has 1 fully saturated rings. The topological polar surface area (TPSA) is 49.8 Å². The first-order valence-electron chi connectivity index (χ1n) is 9.47. The Hall–Kier alpha value is -2.57. The minimum absolute atomic E-state index is 0.469. The maximum absolute atomic E-state index is 8.99. The quantitative estimate of drug-likeness (QED) is 0.521. The van der Waals surface area contributed by atoms with Crippen LogP contribution in [-0.2, 0) is 6.42 Å². The van der Waals surface area contributed by atoms with E-state index in [0.29, 0.717) is 28.8 Å². The number of benzene rings is 2. The van der Waals surface area contributed by atoms with Gasteiger partial charge in [-0.05, 0) is 54.8 Å². The molecule has 1 aliphatic carbocycles. The van der Waals surface area contributed by atoms with E-state index in [4.69, 9.17) is 26.3 Å². The Morgan fingerprint density at radius 1 is 1.00 bits per heavy atom. The molecule has 0 atom stereocenters. The van der Waals surface area contributed by atoms with Gasteiger partial charge in [0.2, 0.25) is 5.89 Å². The molecule has 2 aromatic carbocycles. The fraction of sp³-hybridized carbons (Fsp3) is 0.304. The van der Waals surface area contributed by atoms with E-state index < -0.39 is 0 Å². The van der Waals surface area contributed by atoms with Gasteiger partial charge in [-0.3, -0.25) is 0 Å². The fourth-order valence-corrected chi connectivity index (χ4v) is 3.91. The van der Waals surface area contributed by atoms with Crippen LogP contribution in [0.25, 0.3) is 11.5 Å². The van der Waals surface area contributed by atoms with Crippen molar-refractivity contribution in [2.45, 2.75) is 44.4 Å². The third-order valence-corrected chi connectivity index (χ3v) is 5.51. The number of nitrogens with zero attached hydrogens (tertiary/aromatic N) is 2. The SMILES string of the molecule is N#Cc1ccc(Cc2oc(-c3ccc(Cl)cc3)nc2C2CCCCC2)cc1. The van der Waals surface area contributed by atoms with Gasteiger partial charge in [-0.15, -0.1) is 0 Å². The van der Waals surface area contributed by atoms with Gasteiger partial charge < -0.3 is 4.42 Å². The molecule has 4 heteroatoms. The summed E-state index contributed by atoms with van der Waals surface area (Å²) in [4.78, 5) is 4.90. The predicted octanol–water partition coefficient (Wildman–Crippen LogP) is 6.51. The number of hydrogen-bond acceptors (Lipinski definition) is 3. The monoisotopic (exact) mass is 376 g/mol. The van der Waals surface area contributed by atoms with Crippen molar-refractivity contribution in [2.24, 2.45) is 0 Å². The summed E-state index contributed by atoms with van der Waals surface area (Å²) in [7, 11) is 0. The summed E-state index contributed by atoms with van der Waals surface area (Å²) in [5, 5.41) is 9.70. The molecule has 4 rings (SSSR count). The highest BCUT2D eigenvalue weighted by Gasteiger charge is 2.24. The lowest BCUT2D eigenvalue weighted by molar-refractivity contribution is 0.429. The van der Waals surface area contributed by atoms with Crippen molar-refractivity contribution in [1.82, 2.24) is 4.98 Å². The van der Waals surface area contributed by atoms with Gasteiger partial charge in [-0.2, -0.15) is 5.26 Å². The number of rotatable bonds is 4. The third kappa shape index (κ3) is 4.07. The van der Waals surface area contributed by atoms with Crippen molar-refractivity contribution in [2.75, 3.05) is 0 Å². The number of hydrogen-bond donors (Lipinski definition) is 0. The highest BCUT2D eigenvalue weighted by Crippen LogP contribution is 2.37. The molecular formula is C23H21ClN2O. The lowest BCUT2D eigenvalue weighted by Gasteiger charge is -2.20. The van der Waals surface area contributed by atoms with Crippen LogP contribution in [0.4, 0.5) is 0 Å². The normalized spacial score (nSPS) is 14.8. The van der Waals surface area contributed by atoms with Crippen molar-refractivity contribution < 1.29 is 4.42 Å². The molecule has 0 saturated heterocycles. The number of halogens is 1. The molecule has 1 heterocycles. The van der Waals surface area contributed by atoms with E-state index in [2.05, 4.69) is 6.07 Å². The Morgan fingerprint density at radius 3 is 2.37 bits per heavy atom. The number of oxazole rings is 1. The maximum Gasteiger partial charge on any atom is 0.226 e. The van der Waals surface area contributed by atoms with E-state index in [0.717, 1.165) is 22.6 Å². The Kier molecular flexibility index (Phi) is 5.27. The summed E-state index contributed by atoms with van der Waals surface area (Å²) in [6, 6.07) is 17.5. The van der Waals surface area contributed by atoms with E-state index in [1.54, 1.807) is 0 Å². The number of nitriles is 1. The molecule has 27 heavy (non-hydrogen) atoms. The molecule has 1 aromatic heterocycles. The molecule has 0 aliphatic heterocycles. The summed E-state index contributed by atoms with van der Waals surface area (Å²) in [6.45, 7) is 0. The number of aromatic nitrogens is 1. The van der Waals surface area contributed by atoms with Crippen LogP contribution >= 0.6 is 11.6 Å². The van der Waals surface area contributed by atoms with Crippen molar-refractivity contribution in [1.29, 1.82) is 5.26 Å². The standard InChI is InChI=1S/C23H21ClN2O/c24-20-12-10-19(11-13-20)23-26-22(18-4-2-1-3-5-18)21(27-23)14-16-6-8-17(15-25)9-7-16/h6-13,18H,1-5,14H2. The minimum Gasteiger partial charge on any atom is -0.441 e. The minimum atomic E-state index is 0.469. The van der Waals surface area contributed by atoms with Crippen LogP contribution in [0.1, 0.15) is 60.6 Å². The Labute approximate surface area is 164 Å². The molecule has 0 unspecified atom stereocenters. The van der Waals surface area contributed by atoms with Crippen LogP contribution in [0.3, 0.4) is 0 Å². The van der Waals surface area contributed by atoms with Gasteiger partial charge in [-0.25, -0.2) is 4.98 Å². The first kappa shape index (κ1) is 17.8. The van der Waals surface area contributed by atoms with E-state index in [-0.39, 0.29) is 0 Å². The molecule has 0 spiro atoms. The Morgan fingerprint density at radius 2 is 1.70 bits per heavy atom. The van der Waals surface area contributed by atoms with Gasteiger partial charge in [0.15, 0.2) is 0 Å². The molecule has 0 bridgehead atoms. The van der Waals surface area contributed by atoms with Crippen LogP contribution in [0.2, 0.25) is 5.02 Å². The largest absolute Gasteiger partial charge is 0.441 e. The van der Waals surface area contributed by atoms with Crippen molar-refractivity contribution >= 4 is 11.6 Å². The van der Waals surface area contributed by atoms with Crippen molar-refractivity contribution in [3.63, 3.8) is 0 Å². The molecule has 1 aliphatic rings. The smallest absolute Gasteiger partial charge is 0.226 e. The molecule has 3 aromatic rings. The molecule has 0 radical (unpaired) electrons. The average molecular weight is 377 g/mol. The van der Waals surface area contributed by atoms with Crippen molar-refractivity contribution in [3.05, 3.63) is 76.1 Å². The zero-order valence-corrected chi connectivity index (χ0v) is 15.9. The van der Waals surface area contributed by atoms with E-state index >= 15 is 0 Å². The summed E-state index contributed by atoms with van der Waals surface area (Å²) in [5.74, 6) is 2.07. The lowest BCUT2D eigenvalue weighted by atomic mass is 9.85. The van der Waals surface area contributed by atoms with E-state index in [1.807, 2.05) is 48.5 Å². The van der Waals surface area contributed by atoms with Crippen LogP contribution in [-0.4, -0.2) is 4.98 Å². The molecule has 0 N–H and O–H groups in total. The zero-order chi connectivity index (χ0) is 18.6. The Balaban J connectivity index is 1.68. The highest BCUT2D eigenvalue weighted by molar-refractivity contribution is 6.30. The molecule has 136 valence electrons. The van der Waals surface area contributed by atoms with Crippen LogP contribution < -0.4 is 0 Å². The van der Waals surface area contributed by atoms with Crippen molar-refractivity contribution in [3.8, 4) is 17.5 Å². The van der Waals surface area contributed by atoms with Gasteiger partial charge in [0.25, 0.3) is 0 Å². The summed E-state index contributed by atoms with van der Waals surface area (Å²) in [6.07, 6.45) is 6.86. The third-order valence-electron chi connectivity index (χ3n) is 5.26. The first-order chi connectivity index (χ1) is 13.2. The highest BCUT2D eigenvalue weighted by atomic mass is 35.5. The second-order valence-corrected chi connectivity index (χ2v) is 7.59. The summed E-state index contributed by atoms with van der Waals surface area (Å²) in [5.41, 5.74) is 3.85. The maximum atomic E-state index is 8.99. The van der Waals surface area contributed by atoms with E-state index in [1.165, 1.54) is 32.1 Å². The average Bonchev–Trinajstić information content (AvgIpc) is 3.13. The summed E-state index contributed by atoms with van der Waals surface area (Å²) < 4.78 is 6.24. The van der Waals surface area contributed by atoms with Crippen LogP contribution in [0.15, 0.2) is 52.9 Å². The molecule has 1 saturated carbocycles. The first-order valence-corrected chi connectivity index (χ1v) is 9.85. The van der Waals surface area contributed by atoms with E-state index in [9.17, 15) is 0 Å². The second kappa shape index (κ2) is 7.98. The molecule has 0 amide bonds. The lowest BCUT2D eigenvalue weighted by Crippen LogP contribution is -2.07. The molecular weight excluding hydrogens is 356 g/mol.